The van der Waals surface area contributed by atoms with Crippen LogP contribution in [0.25, 0.3) is 0 Å². The van der Waals surface area contributed by atoms with Crippen molar-refractivity contribution >= 4 is 29.0 Å². The summed E-state index contributed by atoms with van der Waals surface area (Å²) in [5.74, 6) is 0.728. The van der Waals surface area contributed by atoms with Gasteiger partial charge in [-0.25, -0.2) is 0 Å². The van der Waals surface area contributed by atoms with Crippen molar-refractivity contribution in [1.82, 2.24) is 0 Å². The SMILES string of the molecule is CC(C)CCSc1ccc(C(=O)Nc2ccccc2O)cc1[N+](=O)[O-]. The Morgan fingerprint density at radius 1 is 1.28 bits per heavy atom. The van der Waals surface area contributed by atoms with Crippen LogP contribution in [0.1, 0.15) is 30.6 Å². The first kappa shape index (κ1) is 18.8. The summed E-state index contributed by atoms with van der Waals surface area (Å²) in [5.41, 5.74) is 0.340. The molecule has 0 aromatic heterocycles. The van der Waals surface area contributed by atoms with Crippen molar-refractivity contribution < 1.29 is 14.8 Å². The Kier molecular flexibility index (Phi) is 6.41. The van der Waals surface area contributed by atoms with Gasteiger partial charge in [0.2, 0.25) is 0 Å². The molecule has 0 saturated carbocycles. The molecule has 2 aromatic carbocycles. The molecule has 0 aliphatic heterocycles. The Hall–Kier alpha value is -2.54. The van der Waals surface area contributed by atoms with Crippen molar-refractivity contribution in [2.24, 2.45) is 5.92 Å². The molecule has 0 aliphatic rings. The molecule has 132 valence electrons. The van der Waals surface area contributed by atoms with Crippen LogP contribution in [0, 0.1) is 16.0 Å². The topological polar surface area (TPSA) is 92.5 Å². The number of nitrogens with zero attached hydrogens (tertiary/aromatic N) is 1. The Morgan fingerprint density at radius 3 is 2.64 bits per heavy atom. The number of carbonyl (C=O) groups excluding carboxylic acids is 1. The number of nitrogens with one attached hydrogen (secondary N) is 1. The van der Waals surface area contributed by atoms with E-state index in [4.69, 9.17) is 0 Å². The van der Waals surface area contributed by atoms with E-state index in [1.165, 1.54) is 23.9 Å². The maximum atomic E-state index is 12.3. The lowest BCUT2D eigenvalue weighted by Gasteiger charge is -2.09. The first-order chi connectivity index (χ1) is 11.9. The van der Waals surface area contributed by atoms with Crippen LogP contribution < -0.4 is 5.32 Å². The van der Waals surface area contributed by atoms with Crippen LogP contribution in [-0.2, 0) is 0 Å². The van der Waals surface area contributed by atoms with E-state index in [1.54, 1.807) is 30.3 Å². The van der Waals surface area contributed by atoms with E-state index in [0.717, 1.165) is 12.2 Å². The average Bonchev–Trinajstić information content (AvgIpc) is 2.56. The monoisotopic (exact) mass is 360 g/mol. The maximum Gasteiger partial charge on any atom is 0.283 e. The quantitative estimate of drug-likeness (QED) is 0.323. The number of phenols is 1. The molecule has 0 spiro atoms. The van der Waals surface area contributed by atoms with Crippen molar-refractivity contribution in [2.45, 2.75) is 25.2 Å². The smallest absolute Gasteiger partial charge is 0.283 e. The van der Waals surface area contributed by atoms with Crippen LogP contribution >= 0.6 is 11.8 Å². The molecular formula is C18H20N2O4S. The van der Waals surface area contributed by atoms with Crippen LogP contribution in [0.2, 0.25) is 0 Å². The summed E-state index contributed by atoms with van der Waals surface area (Å²) in [7, 11) is 0. The second-order valence-corrected chi connectivity index (χ2v) is 7.08. The highest BCUT2D eigenvalue weighted by Gasteiger charge is 2.18. The number of rotatable bonds is 7. The number of amides is 1. The molecule has 6 nitrogen and oxygen atoms in total. The fourth-order valence-corrected chi connectivity index (χ4v) is 3.36. The number of nitro benzene ring substituents is 1. The van der Waals surface area contributed by atoms with Crippen molar-refractivity contribution in [3.05, 3.63) is 58.1 Å². The van der Waals surface area contributed by atoms with E-state index in [-0.39, 0.29) is 22.7 Å². The minimum absolute atomic E-state index is 0.0637. The van der Waals surface area contributed by atoms with Crippen molar-refractivity contribution in [1.29, 1.82) is 0 Å². The molecule has 2 aromatic rings. The molecule has 0 atom stereocenters. The van der Waals surface area contributed by atoms with Crippen LogP contribution in [-0.4, -0.2) is 21.7 Å². The first-order valence-corrected chi connectivity index (χ1v) is 8.87. The summed E-state index contributed by atoms with van der Waals surface area (Å²) in [6, 6.07) is 10.7. The molecule has 0 aliphatic carbocycles. The fraction of sp³-hybridized carbons (Fsp3) is 0.278. The lowest BCUT2D eigenvalue weighted by molar-refractivity contribution is -0.387. The summed E-state index contributed by atoms with van der Waals surface area (Å²) in [4.78, 5) is 23.7. The number of anilines is 1. The normalized spacial score (nSPS) is 10.7. The molecule has 0 bridgehead atoms. The van der Waals surface area contributed by atoms with Gasteiger partial charge in [-0.05, 0) is 42.4 Å². The molecule has 7 heteroatoms. The van der Waals surface area contributed by atoms with Gasteiger partial charge in [0.15, 0.2) is 0 Å². The third-order valence-electron chi connectivity index (χ3n) is 3.52. The number of nitro groups is 1. The summed E-state index contributed by atoms with van der Waals surface area (Å²) < 4.78 is 0. The van der Waals surface area contributed by atoms with Gasteiger partial charge in [0.25, 0.3) is 11.6 Å². The van der Waals surface area contributed by atoms with E-state index < -0.39 is 10.8 Å². The highest BCUT2D eigenvalue weighted by molar-refractivity contribution is 7.99. The largest absolute Gasteiger partial charge is 0.506 e. The van der Waals surface area contributed by atoms with Crippen LogP contribution in [0.5, 0.6) is 5.75 Å². The highest BCUT2D eigenvalue weighted by Crippen LogP contribution is 2.31. The number of para-hydroxylation sites is 2. The second-order valence-electron chi connectivity index (χ2n) is 5.94. The standard InChI is InChI=1S/C18H20N2O4S/c1-12(2)9-10-25-17-8-7-13(11-15(17)20(23)24)18(22)19-14-5-3-4-6-16(14)21/h3-8,11-12,21H,9-10H2,1-2H3,(H,19,22). The molecule has 2 N–H and O–H groups in total. The summed E-state index contributed by atoms with van der Waals surface area (Å²) >= 11 is 1.42. The van der Waals surface area contributed by atoms with Crippen molar-refractivity contribution in [3.63, 3.8) is 0 Å². The predicted octanol–water partition coefficient (Wildman–Crippen LogP) is 4.69. The molecule has 0 radical (unpaired) electrons. The zero-order valence-electron chi connectivity index (χ0n) is 14.1. The molecule has 0 saturated heterocycles. The summed E-state index contributed by atoms with van der Waals surface area (Å²) in [6.45, 7) is 4.20. The van der Waals surface area contributed by atoms with Crippen LogP contribution in [0.4, 0.5) is 11.4 Å². The predicted molar refractivity (Wildman–Crippen MR) is 99.3 cm³/mol. The average molecular weight is 360 g/mol. The highest BCUT2D eigenvalue weighted by atomic mass is 32.2. The number of aromatic hydroxyl groups is 1. The van der Waals surface area contributed by atoms with Gasteiger partial charge in [-0.2, -0.15) is 0 Å². The molecule has 1 amide bonds. The third-order valence-corrected chi connectivity index (χ3v) is 4.62. The molecule has 0 heterocycles. The van der Waals surface area contributed by atoms with Gasteiger partial charge in [-0.15, -0.1) is 11.8 Å². The van der Waals surface area contributed by atoms with Crippen molar-refractivity contribution in [2.75, 3.05) is 11.1 Å². The van der Waals surface area contributed by atoms with Gasteiger partial charge >= 0.3 is 0 Å². The Morgan fingerprint density at radius 2 is 2.00 bits per heavy atom. The number of phenolic OH excluding ortho intramolecular Hbond substituents is 1. The maximum absolute atomic E-state index is 12.3. The Bertz CT molecular complexity index is 777. The van der Waals surface area contributed by atoms with E-state index in [0.29, 0.717) is 10.8 Å². The molecule has 2 rings (SSSR count). The van der Waals surface area contributed by atoms with Crippen molar-refractivity contribution in [3.8, 4) is 5.75 Å². The first-order valence-electron chi connectivity index (χ1n) is 7.89. The van der Waals surface area contributed by atoms with Gasteiger partial charge in [0.05, 0.1) is 15.5 Å². The summed E-state index contributed by atoms with van der Waals surface area (Å²) in [5, 5.41) is 23.6. The van der Waals surface area contributed by atoms with Crippen LogP contribution in [0.3, 0.4) is 0 Å². The number of benzene rings is 2. The van der Waals surface area contributed by atoms with Gasteiger partial charge < -0.3 is 10.4 Å². The molecule has 25 heavy (non-hydrogen) atoms. The molecule has 0 unspecified atom stereocenters. The lowest BCUT2D eigenvalue weighted by Crippen LogP contribution is -2.12. The summed E-state index contributed by atoms with van der Waals surface area (Å²) in [6.07, 6.45) is 0.956. The zero-order chi connectivity index (χ0) is 18.4. The van der Waals surface area contributed by atoms with E-state index in [2.05, 4.69) is 19.2 Å². The Balaban J connectivity index is 2.18. The fourth-order valence-electron chi connectivity index (χ4n) is 2.10. The number of hydrogen-bond donors (Lipinski definition) is 2. The molecule has 0 fully saturated rings. The molecular weight excluding hydrogens is 340 g/mol. The minimum atomic E-state index is -0.511. The lowest BCUT2D eigenvalue weighted by atomic mass is 10.2. The second kappa shape index (κ2) is 8.53. The number of hydrogen-bond acceptors (Lipinski definition) is 5. The minimum Gasteiger partial charge on any atom is -0.506 e. The van der Waals surface area contributed by atoms with E-state index in [1.807, 2.05) is 0 Å². The van der Waals surface area contributed by atoms with Crippen LogP contribution in [0.15, 0.2) is 47.4 Å². The van der Waals surface area contributed by atoms with Gasteiger partial charge in [0, 0.05) is 11.6 Å². The van der Waals surface area contributed by atoms with E-state index >= 15 is 0 Å². The number of carbonyl (C=O) groups is 1. The van der Waals surface area contributed by atoms with Gasteiger partial charge in [0.1, 0.15) is 5.75 Å². The third kappa shape index (κ3) is 5.22. The number of thioether (sulfide) groups is 1. The zero-order valence-corrected chi connectivity index (χ0v) is 14.9. The van der Waals surface area contributed by atoms with Gasteiger partial charge in [-0.1, -0.05) is 26.0 Å². The van der Waals surface area contributed by atoms with Gasteiger partial charge in [-0.3, -0.25) is 14.9 Å². The Labute approximate surface area is 150 Å². The van der Waals surface area contributed by atoms with E-state index in [9.17, 15) is 20.0 Å².